The molecule has 0 saturated carbocycles. The predicted octanol–water partition coefficient (Wildman–Crippen LogP) is -1.07. The third-order valence-electron chi connectivity index (χ3n) is 1.39. The first-order chi connectivity index (χ1) is 6.25. The maximum absolute atomic E-state index is 10.9. The summed E-state index contributed by atoms with van der Waals surface area (Å²) >= 11 is 0. The van der Waals surface area contributed by atoms with E-state index >= 15 is 0 Å². The minimum Gasteiger partial charge on any atom is -0.369 e. The zero-order valence-corrected chi connectivity index (χ0v) is 6.51. The van der Waals surface area contributed by atoms with Crippen LogP contribution in [0.25, 0.3) is 5.95 Å². The molecule has 0 spiro atoms. The van der Waals surface area contributed by atoms with Crippen LogP contribution < -0.4 is 11.4 Å². The van der Waals surface area contributed by atoms with Gasteiger partial charge >= 0.3 is 5.69 Å². The molecular formula is C6H6N6O. The predicted molar refractivity (Wildman–Crippen MR) is 44.2 cm³/mol. The van der Waals surface area contributed by atoms with Gasteiger partial charge in [-0.25, -0.2) is 9.78 Å². The van der Waals surface area contributed by atoms with Crippen molar-refractivity contribution in [2.75, 3.05) is 5.73 Å². The van der Waals surface area contributed by atoms with Gasteiger partial charge in [0.05, 0.1) is 0 Å². The zero-order chi connectivity index (χ0) is 9.26. The van der Waals surface area contributed by atoms with Crippen molar-refractivity contribution in [1.29, 1.82) is 0 Å². The van der Waals surface area contributed by atoms with E-state index in [1.807, 2.05) is 0 Å². The fraction of sp³-hybridized carbons (Fsp3) is 0. The van der Waals surface area contributed by atoms with Gasteiger partial charge in [-0.15, -0.1) is 0 Å². The highest BCUT2D eigenvalue weighted by molar-refractivity contribution is 5.20. The summed E-state index contributed by atoms with van der Waals surface area (Å²) in [6, 6.07) is 0. The molecule has 66 valence electrons. The summed E-state index contributed by atoms with van der Waals surface area (Å²) in [5.74, 6) is 0.238. The third kappa shape index (κ3) is 1.39. The van der Waals surface area contributed by atoms with Crippen LogP contribution in [0, 0.1) is 0 Å². The second-order valence-corrected chi connectivity index (χ2v) is 2.31. The number of hydrogen-bond acceptors (Lipinski definition) is 5. The molecule has 13 heavy (non-hydrogen) atoms. The molecule has 2 heterocycles. The summed E-state index contributed by atoms with van der Waals surface area (Å²) in [5.41, 5.74) is 4.79. The highest BCUT2D eigenvalue weighted by atomic mass is 16.1. The van der Waals surface area contributed by atoms with Gasteiger partial charge in [-0.1, -0.05) is 0 Å². The first kappa shape index (κ1) is 7.47. The summed E-state index contributed by atoms with van der Waals surface area (Å²) in [7, 11) is 0. The molecule has 0 aromatic carbocycles. The van der Waals surface area contributed by atoms with Gasteiger partial charge in [0.25, 0.3) is 0 Å². The summed E-state index contributed by atoms with van der Waals surface area (Å²) in [6.07, 6.45) is 4.66. The summed E-state index contributed by atoms with van der Waals surface area (Å²) in [4.78, 5) is 24.3. The van der Waals surface area contributed by atoms with Crippen molar-refractivity contribution >= 4 is 5.95 Å². The molecular weight excluding hydrogens is 172 g/mol. The standard InChI is InChI=1S/C6H6N6O/c7-4-9-5(11-6(13)10-4)12-2-1-8-3-12/h1-3H,(H3,7,9,10,11,13). The number of nitrogens with zero attached hydrogens (tertiary/aromatic N) is 4. The maximum Gasteiger partial charge on any atom is 0.351 e. The van der Waals surface area contributed by atoms with E-state index in [2.05, 4.69) is 19.9 Å². The fourth-order valence-electron chi connectivity index (χ4n) is 0.882. The van der Waals surface area contributed by atoms with Crippen molar-refractivity contribution < 1.29 is 0 Å². The van der Waals surface area contributed by atoms with E-state index in [1.54, 1.807) is 12.4 Å². The summed E-state index contributed by atoms with van der Waals surface area (Å²) < 4.78 is 1.49. The molecule has 0 amide bonds. The van der Waals surface area contributed by atoms with Crippen LogP contribution >= 0.6 is 0 Å². The lowest BCUT2D eigenvalue weighted by molar-refractivity contribution is 0.876. The Morgan fingerprint density at radius 2 is 2.31 bits per heavy atom. The van der Waals surface area contributed by atoms with Crippen molar-refractivity contribution in [1.82, 2.24) is 24.5 Å². The van der Waals surface area contributed by atoms with E-state index in [0.29, 0.717) is 0 Å². The number of anilines is 1. The minimum atomic E-state index is -0.531. The van der Waals surface area contributed by atoms with Gasteiger partial charge < -0.3 is 5.73 Å². The van der Waals surface area contributed by atoms with Gasteiger partial charge in [-0.2, -0.15) is 9.97 Å². The Hall–Kier alpha value is -2.18. The number of H-pyrrole nitrogens is 1. The molecule has 0 bridgehead atoms. The molecule has 0 aliphatic rings. The first-order valence-corrected chi connectivity index (χ1v) is 3.48. The van der Waals surface area contributed by atoms with Crippen LogP contribution in [0.3, 0.4) is 0 Å². The highest BCUT2D eigenvalue weighted by Gasteiger charge is 2.00. The number of nitrogens with one attached hydrogen (secondary N) is 1. The smallest absolute Gasteiger partial charge is 0.351 e. The second-order valence-electron chi connectivity index (χ2n) is 2.31. The normalized spacial score (nSPS) is 10.2. The number of nitrogens with two attached hydrogens (primary N) is 1. The molecule has 0 fully saturated rings. The number of aromatic amines is 1. The highest BCUT2D eigenvalue weighted by Crippen LogP contribution is 1.96. The van der Waals surface area contributed by atoms with Crippen molar-refractivity contribution in [3.63, 3.8) is 0 Å². The van der Waals surface area contributed by atoms with E-state index < -0.39 is 5.69 Å². The van der Waals surface area contributed by atoms with Crippen LogP contribution in [0.5, 0.6) is 0 Å². The minimum absolute atomic E-state index is 0.0312. The molecule has 0 unspecified atom stereocenters. The zero-order valence-electron chi connectivity index (χ0n) is 6.51. The Bertz CT molecular complexity index is 458. The quantitative estimate of drug-likeness (QED) is 0.579. The van der Waals surface area contributed by atoms with Gasteiger partial charge in [0.1, 0.15) is 6.33 Å². The van der Waals surface area contributed by atoms with Crippen LogP contribution in [0.15, 0.2) is 23.5 Å². The first-order valence-electron chi connectivity index (χ1n) is 3.48. The van der Waals surface area contributed by atoms with E-state index in [9.17, 15) is 4.79 Å². The van der Waals surface area contributed by atoms with E-state index in [1.165, 1.54) is 10.9 Å². The van der Waals surface area contributed by atoms with Gasteiger partial charge in [-0.05, 0) is 0 Å². The lowest BCUT2D eigenvalue weighted by atomic mass is 10.8. The lowest BCUT2D eigenvalue weighted by Crippen LogP contribution is -2.17. The van der Waals surface area contributed by atoms with Crippen LogP contribution in [0.1, 0.15) is 0 Å². The van der Waals surface area contributed by atoms with Crippen LogP contribution in [0.4, 0.5) is 5.95 Å². The molecule has 0 saturated heterocycles. The molecule has 0 radical (unpaired) electrons. The number of rotatable bonds is 1. The number of hydrogen-bond donors (Lipinski definition) is 2. The topological polar surface area (TPSA) is 102 Å². The Balaban J connectivity index is 2.59. The van der Waals surface area contributed by atoms with Gasteiger partial charge in [-0.3, -0.25) is 9.55 Å². The van der Waals surface area contributed by atoms with Crippen molar-refractivity contribution in [3.8, 4) is 5.95 Å². The molecule has 3 N–H and O–H groups in total. The van der Waals surface area contributed by atoms with Gasteiger partial charge in [0, 0.05) is 12.4 Å². The Morgan fingerprint density at radius 1 is 1.46 bits per heavy atom. The van der Waals surface area contributed by atoms with Crippen molar-refractivity contribution in [2.24, 2.45) is 0 Å². The Kier molecular flexibility index (Phi) is 1.55. The third-order valence-corrected chi connectivity index (χ3v) is 1.39. The SMILES string of the molecule is Nc1nc(-n2ccnc2)nc(=O)[nH]1. The largest absolute Gasteiger partial charge is 0.369 e. The molecule has 0 aliphatic heterocycles. The summed E-state index contributed by atoms with van der Waals surface area (Å²) in [6.45, 7) is 0. The molecule has 0 aliphatic carbocycles. The van der Waals surface area contributed by atoms with Crippen LogP contribution in [-0.2, 0) is 0 Å². The van der Waals surface area contributed by atoms with Crippen LogP contribution in [0.2, 0.25) is 0 Å². The maximum atomic E-state index is 10.9. The average Bonchev–Trinajstić information content (AvgIpc) is 2.53. The molecule has 2 aromatic rings. The molecule has 0 atom stereocenters. The molecule has 7 heteroatoms. The second kappa shape index (κ2) is 2.70. The van der Waals surface area contributed by atoms with E-state index in [0.717, 1.165) is 0 Å². The van der Waals surface area contributed by atoms with Crippen LogP contribution in [-0.4, -0.2) is 24.5 Å². The Morgan fingerprint density at radius 3 is 2.92 bits per heavy atom. The molecule has 2 aromatic heterocycles. The lowest BCUT2D eigenvalue weighted by Gasteiger charge is -1.98. The van der Waals surface area contributed by atoms with Crippen molar-refractivity contribution in [3.05, 3.63) is 29.2 Å². The summed E-state index contributed by atoms with van der Waals surface area (Å²) in [5, 5.41) is 0. The van der Waals surface area contributed by atoms with Gasteiger partial charge in [0.2, 0.25) is 11.9 Å². The van der Waals surface area contributed by atoms with E-state index in [4.69, 9.17) is 5.73 Å². The van der Waals surface area contributed by atoms with Gasteiger partial charge in [0.15, 0.2) is 0 Å². The number of aromatic nitrogens is 5. The number of imidazole rings is 1. The monoisotopic (exact) mass is 178 g/mol. The molecule has 2 rings (SSSR count). The van der Waals surface area contributed by atoms with E-state index in [-0.39, 0.29) is 11.9 Å². The Labute approximate surface area is 72.3 Å². The number of nitrogen functional groups attached to an aromatic ring is 1. The average molecular weight is 178 g/mol. The fourth-order valence-corrected chi connectivity index (χ4v) is 0.882. The van der Waals surface area contributed by atoms with Crippen molar-refractivity contribution in [2.45, 2.75) is 0 Å². The molecule has 7 nitrogen and oxygen atoms in total.